The molecule has 2 atom stereocenters. The van der Waals surface area contributed by atoms with Crippen molar-refractivity contribution in [2.24, 2.45) is 0 Å². The molecule has 1 fully saturated rings. The van der Waals surface area contributed by atoms with E-state index in [0.29, 0.717) is 17.1 Å². The Kier molecular flexibility index (Phi) is 7.96. The monoisotopic (exact) mass is 540 g/mol. The van der Waals surface area contributed by atoms with Gasteiger partial charge in [0, 0.05) is 23.1 Å². The Balaban J connectivity index is 0.000000176. The van der Waals surface area contributed by atoms with E-state index in [2.05, 4.69) is 4.98 Å². The highest BCUT2D eigenvalue weighted by Crippen LogP contribution is 2.40. The first kappa shape index (κ1) is 27.2. The van der Waals surface area contributed by atoms with Crippen LogP contribution in [0, 0.1) is 0 Å². The Morgan fingerprint density at radius 2 is 1.24 bits per heavy atom. The first-order valence-corrected chi connectivity index (χ1v) is 12.9. The van der Waals surface area contributed by atoms with Crippen molar-refractivity contribution in [3.8, 4) is 0 Å². The number of nitrogens with two attached hydrogens (primary N) is 1. The van der Waals surface area contributed by atoms with Gasteiger partial charge >= 0.3 is 12.4 Å². The van der Waals surface area contributed by atoms with Crippen molar-refractivity contribution in [3.05, 3.63) is 81.4 Å². The summed E-state index contributed by atoms with van der Waals surface area (Å²) in [6.07, 6.45) is -2.55. The first-order valence-electron chi connectivity index (χ1n) is 12.1. The van der Waals surface area contributed by atoms with E-state index in [1.54, 1.807) is 12.1 Å². The van der Waals surface area contributed by atoms with Crippen LogP contribution in [0.15, 0.2) is 48.5 Å². The lowest BCUT2D eigenvalue weighted by Crippen LogP contribution is -2.17. The summed E-state index contributed by atoms with van der Waals surface area (Å²) < 4.78 is 74.8. The van der Waals surface area contributed by atoms with Gasteiger partial charge < -0.3 is 5.73 Å². The van der Waals surface area contributed by atoms with Gasteiger partial charge in [-0.05, 0) is 67.5 Å². The lowest BCUT2D eigenvalue weighted by atomic mass is 9.83. The van der Waals surface area contributed by atoms with Crippen LogP contribution < -0.4 is 5.73 Å². The van der Waals surface area contributed by atoms with Crippen LogP contribution >= 0.6 is 11.3 Å². The predicted molar refractivity (Wildman–Crippen MR) is 130 cm³/mol. The number of hydrogen-bond acceptors (Lipinski definition) is 4. The normalized spacial score (nSPS) is 20.1. The molecule has 0 saturated heterocycles. The molecule has 0 radical (unpaired) electrons. The SMILES string of the molecule is Nc1nc2c(s1)CCCC2c1ccc(C(F)(F)F)cc1.O=C1CCCCC1c1ccc(C(F)(F)F)cc1. The van der Waals surface area contributed by atoms with Crippen LogP contribution in [-0.4, -0.2) is 10.8 Å². The third-order valence-corrected chi connectivity index (χ3v) is 7.77. The van der Waals surface area contributed by atoms with Crippen LogP contribution in [0.25, 0.3) is 0 Å². The first-order chi connectivity index (χ1) is 17.4. The van der Waals surface area contributed by atoms with E-state index >= 15 is 0 Å². The molecule has 198 valence electrons. The van der Waals surface area contributed by atoms with Crippen molar-refractivity contribution in [3.63, 3.8) is 0 Å². The number of anilines is 1. The fourth-order valence-electron chi connectivity index (χ4n) is 4.91. The summed E-state index contributed by atoms with van der Waals surface area (Å²) in [6, 6.07) is 10.3. The van der Waals surface area contributed by atoms with Gasteiger partial charge in [0.2, 0.25) is 0 Å². The van der Waals surface area contributed by atoms with Gasteiger partial charge in [0.1, 0.15) is 5.78 Å². The van der Waals surface area contributed by atoms with E-state index in [1.165, 1.54) is 28.3 Å². The summed E-state index contributed by atoms with van der Waals surface area (Å²) in [6.45, 7) is 0. The number of nitrogen functional groups attached to an aromatic ring is 1. The van der Waals surface area contributed by atoms with Gasteiger partial charge in [-0.15, -0.1) is 11.3 Å². The second-order valence-electron chi connectivity index (χ2n) is 9.31. The summed E-state index contributed by atoms with van der Waals surface area (Å²) >= 11 is 1.48. The number of carbonyl (C=O) groups excluding carboxylic acids is 1. The fraction of sp³-hybridized carbons (Fsp3) is 0.407. The number of benzene rings is 2. The molecule has 0 aliphatic heterocycles. The zero-order valence-corrected chi connectivity index (χ0v) is 20.6. The van der Waals surface area contributed by atoms with Gasteiger partial charge in [0.25, 0.3) is 0 Å². The summed E-state index contributed by atoms with van der Waals surface area (Å²) in [5, 5.41) is 0.536. The minimum atomic E-state index is -4.31. The van der Waals surface area contributed by atoms with Crippen LogP contribution in [0.3, 0.4) is 0 Å². The molecular weight excluding hydrogens is 514 g/mol. The molecule has 5 rings (SSSR count). The molecule has 0 bridgehead atoms. The lowest BCUT2D eigenvalue weighted by Gasteiger charge is -2.21. The zero-order chi connectivity index (χ0) is 26.8. The number of ketones is 1. The van der Waals surface area contributed by atoms with Gasteiger partial charge in [-0.25, -0.2) is 4.98 Å². The average molecular weight is 541 g/mol. The standard InChI is InChI=1S/C14H13F3N2S.C13H13F3O/c15-14(16,17)9-6-4-8(5-7-9)10-2-1-3-11-12(10)19-13(18)20-11;14-13(15,16)10-7-5-9(6-8-10)11-3-1-2-4-12(11)17/h4-7,10H,1-3H2,(H2,18,19);5-8,11H,1-4H2. The highest BCUT2D eigenvalue weighted by atomic mass is 32.1. The second kappa shape index (κ2) is 10.8. The van der Waals surface area contributed by atoms with Crippen molar-refractivity contribution in [2.45, 2.75) is 69.1 Å². The molecule has 2 aliphatic rings. The average Bonchev–Trinajstić information content (AvgIpc) is 3.24. The number of fused-ring (bicyclic) bond motifs is 1. The third-order valence-electron chi connectivity index (χ3n) is 6.81. The van der Waals surface area contributed by atoms with Crippen LogP contribution in [-0.2, 0) is 23.6 Å². The van der Waals surface area contributed by atoms with Gasteiger partial charge in [-0.3, -0.25) is 4.79 Å². The summed E-state index contributed by atoms with van der Waals surface area (Å²) in [4.78, 5) is 17.2. The van der Waals surface area contributed by atoms with Crippen molar-refractivity contribution < 1.29 is 31.1 Å². The number of aromatic nitrogens is 1. The molecular formula is C27H26F6N2OS. The van der Waals surface area contributed by atoms with Gasteiger partial charge in [0.05, 0.1) is 16.8 Å². The molecule has 2 aliphatic carbocycles. The number of halogens is 6. The van der Waals surface area contributed by atoms with Gasteiger partial charge in [-0.1, -0.05) is 30.7 Å². The van der Waals surface area contributed by atoms with Crippen LogP contribution in [0.5, 0.6) is 0 Å². The van der Waals surface area contributed by atoms with Gasteiger partial charge in [0.15, 0.2) is 5.13 Å². The molecule has 1 saturated carbocycles. The molecule has 37 heavy (non-hydrogen) atoms. The maximum Gasteiger partial charge on any atom is 0.416 e. The third kappa shape index (κ3) is 6.52. The Morgan fingerprint density at radius 3 is 1.76 bits per heavy atom. The number of thiazole rings is 1. The van der Waals surface area contributed by atoms with Crippen molar-refractivity contribution in [1.82, 2.24) is 4.98 Å². The van der Waals surface area contributed by atoms with Crippen LogP contribution in [0.4, 0.5) is 31.5 Å². The molecule has 1 heterocycles. The number of Topliss-reactive ketones (excluding diaryl/α,β-unsaturated/α-hetero) is 1. The number of nitrogens with zero attached hydrogens (tertiary/aromatic N) is 1. The van der Waals surface area contributed by atoms with E-state index in [-0.39, 0.29) is 17.6 Å². The zero-order valence-electron chi connectivity index (χ0n) is 19.8. The smallest absolute Gasteiger partial charge is 0.375 e. The highest BCUT2D eigenvalue weighted by molar-refractivity contribution is 7.15. The second-order valence-corrected chi connectivity index (χ2v) is 10.4. The maximum atomic E-state index is 12.6. The van der Waals surface area contributed by atoms with E-state index < -0.39 is 23.5 Å². The van der Waals surface area contributed by atoms with E-state index in [9.17, 15) is 31.1 Å². The Bertz CT molecular complexity index is 1220. The highest BCUT2D eigenvalue weighted by Gasteiger charge is 2.32. The minimum absolute atomic E-state index is 0.0644. The van der Waals surface area contributed by atoms with Gasteiger partial charge in [-0.2, -0.15) is 26.3 Å². The molecule has 2 unspecified atom stereocenters. The number of alkyl halides is 6. The topological polar surface area (TPSA) is 56.0 Å². The predicted octanol–water partition coefficient (Wildman–Crippen LogP) is 8.14. The Morgan fingerprint density at radius 1 is 0.730 bits per heavy atom. The van der Waals surface area contributed by atoms with Crippen molar-refractivity contribution in [2.75, 3.05) is 5.73 Å². The molecule has 0 spiro atoms. The number of hydrogen-bond donors (Lipinski definition) is 1. The Labute approximate surface area is 214 Å². The number of aryl methyl sites for hydroxylation is 1. The fourth-order valence-corrected chi connectivity index (χ4v) is 5.84. The molecule has 3 aromatic rings. The molecule has 3 nitrogen and oxygen atoms in total. The van der Waals surface area contributed by atoms with Crippen molar-refractivity contribution in [1.29, 1.82) is 0 Å². The van der Waals surface area contributed by atoms with E-state index in [4.69, 9.17) is 5.73 Å². The maximum absolute atomic E-state index is 12.6. The van der Waals surface area contributed by atoms with Crippen LogP contribution in [0.2, 0.25) is 0 Å². The Hall–Kier alpha value is -2.88. The van der Waals surface area contributed by atoms with Crippen molar-refractivity contribution >= 4 is 22.3 Å². The summed E-state index contributed by atoms with van der Waals surface area (Å²) in [5.74, 6) is 0.0108. The minimum Gasteiger partial charge on any atom is -0.375 e. The lowest BCUT2D eigenvalue weighted by molar-refractivity contribution is -0.138. The molecule has 0 amide bonds. The summed E-state index contributed by atoms with van der Waals surface area (Å²) in [5.41, 5.74) is 6.99. The number of carbonyl (C=O) groups is 1. The van der Waals surface area contributed by atoms with Crippen LogP contribution in [0.1, 0.15) is 83.2 Å². The van der Waals surface area contributed by atoms with E-state index in [0.717, 1.165) is 74.0 Å². The largest absolute Gasteiger partial charge is 0.416 e. The molecule has 10 heteroatoms. The summed E-state index contributed by atoms with van der Waals surface area (Å²) in [7, 11) is 0. The molecule has 1 aromatic heterocycles. The van der Waals surface area contributed by atoms with E-state index in [1.807, 2.05) is 0 Å². The quantitative estimate of drug-likeness (QED) is 0.334. The molecule has 2 N–H and O–H groups in total. The molecule has 2 aromatic carbocycles. The number of rotatable bonds is 2.